The molecule has 1 amide bonds. The summed E-state index contributed by atoms with van der Waals surface area (Å²) in [4.78, 5) is 24.4. The second-order valence-electron chi connectivity index (χ2n) is 5.98. The summed E-state index contributed by atoms with van der Waals surface area (Å²) in [6.07, 6.45) is -0.739. The van der Waals surface area contributed by atoms with Crippen LogP contribution in [0.15, 0.2) is 48.5 Å². The fourth-order valence-electron chi connectivity index (χ4n) is 2.46. The van der Waals surface area contributed by atoms with Crippen LogP contribution in [0.2, 0.25) is 5.02 Å². The van der Waals surface area contributed by atoms with Crippen LogP contribution in [-0.4, -0.2) is 25.1 Å². The number of hydrogen-bond acceptors (Lipinski definition) is 4. The van der Waals surface area contributed by atoms with Crippen LogP contribution >= 0.6 is 11.6 Å². The first-order chi connectivity index (χ1) is 12.4. The number of amides is 1. The minimum Gasteiger partial charge on any atom is -0.495 e. The van der Waals surface area contributed by atoms with Gasteiger partial charge >= 0.3 is 5.97 Å². The van der Waals surface area contributed by atoms with Crippen molar-refractivity contribution in [1.82, 2.24) is 0 Å². The maximum atomic E-state index is 12.3. The maximum absolute atomic E-state index is 12.3. The van der Waals surface area contributed by atoms with Gasteiger partial charge in [0.15, 0.2) is 6.10 Å². The molecule has 138 valence electrons. The second-order valence-corrected chi connectivity index (χ2v) is 6.42. The van der Waals surface area contributed by atoms with E-state index in [1.54, 1.807) is 18.2 Å². The van der Waals surface area contributed by atoms with Crippen LogP contribution < -0.4 is 10.1 Å². The smallest absolute Gasteiger partial charge is 0.307 e. The lowest BCUT2D eigenvalue weighted by atomic mass is 9.98. The van der Waals surface area contributed by atoms with Crippen molar-refractivity contribution in [2.75, 3.05) is 12.4 Å². The molecule has 26 heavy (non-hydrogen) atoms. The Hall–Kier alpha value is -2.53. The zero-order valence-electron chi connectivity index (χ0n) is 15.0. The Morgan fingerprint density at radius 1 is 1.12 bits per heavy atom. The van der Waals surface area contributed by atoms with Crippen molar-refractivity contribution in [3.63, 3.8) is 0 Å². The van der Waals surface area contributed by atoms with Crippen molar-refractivity contribution in [3.8, 4) is 5.75 Å². The number of nitrogens with one attached hydrogen (secondary N) is 1. The van der Waals surface area contributed by atoms with E-state index in [-0.39, 0.29) is 12.3 Å². The molecule has 5 nitrogen and oxygen atoms in total. The quantitative estimate of drug-likeness (QED) is 0.728. The van der Waals surface area contributed by atoms with Crippen LogP contribution in [0.4, 0.5) is 5.69 Å². The Labute approximate surface area is 158 Å². The van der Waals surface area contributed by atoms with Crippen LogP contribution in [0.25, 0.3) is 0 Å². The van der Waals surface area contributed by atoms with Gasteiger partial charge in [0.2, 0.25) is 0 Å². The van der Waals surface area contributed by atoms with E-state index in [4.69, 9.17) is 21.1 Å². The first-order valence-electron chi connectivity index (χ1n) is 8.29. The molecule has 2 atom stereocenters. The summed E-state index contributed by atoms with van der Waals surface area (Å²) in [5.41, 5.74) is 1.47. The molecule has 0 aliphatic carbocycles. The summed E-state index contributed by atoms with van der Waals surface area (Å²) in [6, 6.07) is 14.6. The summed E-state index contributed by atoms with van der Waals surface area (Å²) in [7, 11) is 1.49. The summed E-state index contributed by atoms with van der Waals surface area (Å²) >= 11 is 5.94. The Kier molecular flexibility index (Phi) is 7.04. The number of methoxy groups -OCH3 is 1. The minimum absolute atomic E-state index is 0.00647. The Morgan fingerprint density at radius 3 is 2.46 bits per heavy atom. The molecule has 0 saturated carbocycles. The number of carbonyl (C=O) groups is 2. The van der Waals surface area contributed by atoms with E-state index in [0.29, 0.717) is 16.5 Å². The highest BCUT2D eigenvalue weighted by molar-refractivity contribution is 6.31. The monoisotopic (exact) mass is 375 g/mol. The van der Waals surface area contributed by atoms with Crippen molar-refractivity contribution in [1.29, 1.82) is 0 Å². The standard InChI is InChI=1S/C20H22ClNO4/c1-13(15-7-5-4-6-8-15)11-19(23)26-14(2)20(24)22-17-12-16(21)9-10-18(17)25-3/h4-10,12-14H,11H2,1-3H3,(H,22,24)/t13-,14-/m0/s1. The lowest BCUT2D eigenvalue weighted by molar-refractivity contribution is -0.153. The van der Waals surface area contributed by atoms with E-state index < -0.39 is 18.0 Å². The zero-order valence-corrected chi connectivity index (χ0v) is 15.7. The minimum atomic E-state index is -0.936. The molecular formula is C20H22ClNO4. The van der Waals surface area contributed by atoms with E-state index >= 15 is 0 Å². The molecule has 0 bridgehead atoms. The van der Waals surface area contributed by atoms with Gasteiger partial charge in [-0.3, -0.25) is 9.59 Å². The number of anilines is 1. The molecule has 6 heteroatoms. The van der Waals surface area contributed by atoms with Gasteiger partial charge in [-0.2, -0.15) is 0 Å². The predicted octanol–water partition coefficient (Wildman–Crippen LogP) is 4.41. The lowest BCUT2D eigenvalue weighted by Gasteiger charge is -2.17. The second kappa shape index (κ2) is 9.25. The van der Waals surface area contributed by atoms with Gasteiger partial charge in [0, 0.05) is 5.02 Å². The van der Waals surface area contributed by atoms with Gasteiger partial charge in [-0.25, -0.2) is 0 Å². The van der Waals surface area contributed by atoms with Crippen molar-refractivity contribution in [2.24, 2.45) is 0 Å². The number of carbonyl (C=O) groups excluding carboxylic acids is 2. The van der Waals surface area contributed by atoms with Crippen molar-refractivity contribution in [2.45, 2.75) is 32.3 Å². The van der Waals surface area contributed by atoms with Gasteiger partial charge in [-0.15, -0.1) is 0 Å². The van der Waals surface area contributed by atoms with Crippen molar-refractivity contribution >= 4 is 29.2 Å². The fourth-order valence-corrected chi connectivity index (χ4v) is 2.63. The largest absolute Gasteiger partial charge is 0.495 e. The highest BCUT2D eigenvalue weighted by atomic mass is 35.5. The van der Waals surface area contributed by atoms with Gasteiger partial charge in [-0.1, -0.05) is 48.9 Å². The van der Waals surface area contributed by atoms with E-state index in [2.05, 4.69) is 5.32 Å². The van der Waals surface area contributed by atoms with Crippen molar-refractivity contribution < 1.29 is 19.1 Å². The Morgan fingerprint density at radius 2 is 1.81 bits per heavy atom. The molecule has 0 saturated heterocycles. The third-order valence-electron chi connectivity index (χ3n) is 3.94. The lowest BCUT2D eigenvalue weighted by Crippen LogP contribution is -2.30. The molecular weight excluding hydrogens is 354 g/mol. The third kappa shape index (κ3) is 5.49. The first kappa shape index (κ1) is 19.8. The summed E-state index contributed by atoms with van der Waals surface area (Å²) in [5, 5.41) is 3.13. The third-order valence-corrected chi connectivity index (χ3v) is 4.17. The molecule has 0 radical (unpaired) electrons. The molecule has 0 unspecified atom stereocenters. The van der Waals surface area contributed by atoms with E-state index in [9.17, 15) is 9.59 Å². The first-order valence-corrected chi connectivity index (χ1v) is 8.67. The van der Waals surface area contributed by atoms with Gasteiger partial charge in [0.1, 0.15) is 5.75 Å². The highest BCUT2D eigenvalue weighted by Gasteiger charge is 2.21. The number of rotatable bonds is 7. The molecule has 0 aromatic heterocycles. The normalized spacial score (nSPS) is 12.8. The van der Waals surface area contributed by atoms with E-state index in [1.165, 1.54) is 14.0 Å². The molecule has 0 aliphatic rings. The van der Waals surface area contributed by atoms with Crippen LogP contribution in [0.5, 0.6) is 5.75 Å². The molecule has 0 spiro atoms. The Balaban J connectivity index is 1.92. The van der Waals surface area contributed by atoms with E-state index in [0.717, 1.165) is 5.56 Å². The number of benzene rings is 2. The number of ether oxygens (including phenoxy) is 2. The molecule has 2 aromatic carbocycles. The summed E-state index contributed by atoms with van der Waals surface area (Å²) in [6.45, 7) is 3.47. The number of halogens is 1. The fraction of sp³-hybridized carbons (Fsp3) is 0.300. The molecule has 1 N–H and O–H groups in total. The molecule has 0 fully saturated rings. The van der Waals surface area contributed by atoms with Crippen LogP contribution in [0, 0.1) is 0 Å². The van der Waals surface area contributed by atoms with Crippen molar-refractivity contribution in [3.05, 3.63) is 59.1 Å². The van der Waals surface area contributed by atoms with Crippen LogP contribution in [-0.2, 0) is 14.3 Å². The predicted molar refractivity (Wildman–Crippen MR) is 102 cm³/mol. The number of esters is 1. The Bertz CT molecular complexity index is 764. The molecule has 2 aromatic rings. The molecule has 2 rings (SSSR count). The zero-order chi connectivity index (χ0) is 19.1. The SMILES string of the molecule is COc1ccc(Cl)cc1NC(=O)[C@H](C)OC(=O)C[C@H](C)c1ccccc1. The van der Waals surface area contributed by atoms with Gasteiger partial charge in [0.05, 0.1) is 19.2 Å². The van der Waals surface area contributed by atoms with Gasteiger partial charge in [0.25, 0.3) is 5.91 Å². The average molecular weight is 376 g/mol. The number of hydrogen-bond donors (Lipinski definition) is 1. The van der Waals surface area contributed by atoms with Crippen LogP contribution in [0.3, 0.4) is 0 Å². The highest BCUT2D eigenvalue weighted by Crippen LogP contribution is 2.28. The summed E-state index contributed by atoms with van der Waals surface area (Å²) in [5.74, 6) is -0.403. The topological polar surface area (TPSA) is 64.6 Å². The molecule has 0 aliphatic heterocycles. The maximum Gasteiger partial charge on any atom is 0.307 e. The van der Waals surface area contributed by atoms with E-state index in [1.807, 2.05) is 37.3 Å². The van der Waals surface area contributed by atoms with Gasteiger partial charge in [-0.05, 0) is 36.6 Å². The molecule has 0 heterocycles. The van der Waals surface area contributed by atoms with Gasteiger partial charge < -0.3 is 14.8 Å². The van der Waals surface area contributed by atoms with Crippen LogP contribution in [0.1, 0.15) is 31.7 Å². The summed E-state index contributed by atoms with van der Waals surface area (Å²) < 4.78 is 10.4. The average Bonchev–Trinajstić information content (AvgIpc) is 2.62.